The summed E-state index contributed by atoms with van der Waals surface area (Å²) in [7, 11) is 0. The lowest BCUT2D eigenvalue weighted by Gasteiger charge is -2.02. The first-order valence-corrected chi connectivity index (χ1v) is 6.49. The van der Waals surface area contributed by atoms with E-state index < -0.39 is 0 Å². The molecule has 0 aliphatic carbocycles. The standard InChI is InChI=1S/C10H8BrClN2OS/c11-8-3-1-7(2-4-8)5-15-6-9-10(12)16-14-13-9/h1-4H,5-6H2. The minimum atomic E-state index is 0.394. The van der Waals surface area contributed by atoms with E-state index in [0.717, 1.165) is 10.0 Å². The summed E-state index contributed by atoms with van der Waals surface area (Å²) in [5.74, 6) is 0. The van der Waals surface area contributed by atoms with Crippen molar-refractivity contribution in [2.24, 2.45) is 0 Å². The molecule has 0 saturated carbocycles. The fourth-order valence-corrected chi connectivity index (χ4v) is 1.99. The van der Waals surface area contributed by atoms with Crippen LogP contribution in [0.5, 0.6) is 0 Å². The third kappa shape index (κ3) is 3.25. The quantitative estimate of drug-likeness (QED) is 0.862. The number of rotatable bonds is 4. The number of hydrogen-bond donors (Lipinski definition) is 0. The number of hydrogen-bond acceptors (Lipinski definition) is 4. The van der Waals surface area contributed by atoms with Gasteiger partial charge in [-0.15, -0.1) is 5.10 Å². The number of benzene rings is 1. The van der Waals surface area contributed by atoms with Gasteiger partial charge in [-0.2, -0.15) is 0 Å². The van der Waals surface area contributed by atoms with E-state index in [0.29, 0.717) is 23.2 Å². The van der Waals surface area contributed by atoms with Crippen LogP contribution in [-0.4, -0.2) is 9.59 Å². The summed E-state index contributed by atoms with van der Waals surface area (Å²) >= 11 is 10.4. The van der Waals surface area contributed by atoms with Crippen LogP contribution < -0.4 is 0 Å². The SMILES string of the molecule is Clc1snnc1COCc1ccc(Br)cc1. The molecule has 0 amide bonds. The summed E-state index contributed by atoms with van der Waals surface area (Å²) in [6.07, 6.45) is 0. The van der Waals surface area contributed by atoms with Gasteiger partial charge in [0.15, 0.2) is 0 Å². The first-order chi connectivity index (χ1) is 7.75. The summed E-state index contributed by atoms with van der Waals surface area (Å²) in [5.41, 5.74) is 1.81. The number of nitrogens with zero attached hydrogens (tertiary/aromatic N) is 2. The van der Waals surface area contributed by atoms with Gasteiger partial charge in [0.05, 0.1) is 13.2 Å². The minimum absolute atomic E-state index is 0.394. The Hall–Kier alpha value is -0.490. The molecule has 0 aliphatic heterocycles. The summed E-state index contributed by atoms with van der Waals surface area (Å²) in [6, 6.07) is 7.97. The van der Waals surface area contributed by atoms with Gasteiger partial charge in [-0.05, 0) is 17.7 Å². The maximum Gasteiger partial charge on any atom is 0.139 e. The van der Waals surface area contributed by atoms with Gasteiger partial charge in [0.2, 0.25) is 0 Å². The van der Waals surface area contributed by atoms with Crippen LogP contribution in [0.4, 0.5) is 0 Å². The Balaban J connectivity index is 1.84. The first-order valence-electron chi connectivity index (χ1n) is 4.54. The fraction of sp³-hybridized carbons (Fsp3) is 0.200. The largest absolute Gasteiger partial charge is 0.370 e. The van der Waals surface area contributed by atoms with Crippen molar-refractivity contribution in [3.8, 4) is 0 Å². The number of aromatic nitrogens is 2. The third-order valence-corrected chi connectivity index (χ3v) is 3.44. The van der Waals surface area contributed by atoms with E-state index in [-0.39, 0.29) is 0 Å². The zero-order valence-corrected chi connectivity index (χ0v) is 11.3. The van der Waals surface area contributed by atoms with Crippen LogP contribution in [0.2, 0.25) is 4.34 Å². The lowest BCUT2D eigenvalue weighted by atomic mass is 10.2. The normalized spacial score (nSPS) is 10.6. The molecule has 0 radical (unpaired) electrons. The predicted molar refractivity (Wildman–Crippen MR) is 67.6 cm³/mol. The smallest absolute Gasteiger partial charge is 0.139 e. The highest BCUT2D eigenvalue weighted by Gasteiger charge is 2.04. The molecule has 84 valence electrons. The van der Waals surface area contributed by atoms with Crippen molar-refractivity contribution >= 4 is 39.1 Å². The topological polar surface area (TPSA) is 35.0 Å². The lowest BCUT2D eigenvalue weighted by Crippen LogP contribution is -1.95. The van der Waals surface area contributed by atoms with Crippen molar-refractivity contribution in [3.05, 3.63) is 44.3 Å². The highest BCUT2D eigenvalue weighted by molar-refractivity contribution is 9.10. The third-order valence-electron chi connectivity index (χ3n) is 1.93. The van der Waals surface area contributed by atoms with E-state index in [4.69, 9.17) is 16.3 Å². The van der Waals surface area contributed by atoms with Crippen LogP contribution in [0.25, 0.3) is 0 Å². The van der Waals surface area contributed by atoms with Crippen molar-refractivity contribution in [2.45, 2.75) is 13.2 Å². The van der Waals surface area contributed by atoms with Gasteiger partial charge < -0.3 is 4.74 Å². The van der Waals surface area contributed by atoms with Gasteiger partial charge in [0.25, 0.3) is 0 Å². The average molecular weight is 320 g/mol. The van der Waals surface area contributed by atoms with E-state index in [1.165, 1.54) is 11.5 Å². The average Bonchev–Trinajstić information content (AvgIpc) is 2.68. The van der Waals surface area contributed by atoms with Crippen LogP contribution in [0, 0.1) is 0 Å². The predicted octanol–water partition coefficient (Wildman–Crippen LogP) is 3.67. The van der Waals surface area contributed by atoms with E-state index in [9.17, 15) is 0 Å². The summed E-state index contributed by atoms with van der Waals surface area (Å²) < 4.78 is 10.9. The zero-order valence-electron chi connectivity index (χ0n) is 8.19. The second-order valence-electron chi connectivity index (χ2n) is 3.11. The van der Waals surface area contributed by atoms with Gasteiger partial charge in [-0.1, -0.05) is 44.2 Å². The monoisotopic (exact) mass is 318 g/mol. The van der Waals surface area contributed by atoms with E-state index in [2.05, 4.69) is 25.5 Å². The van der Waals surface area contributed by atoms with E-state index in [1.54, 1.807) is 0 Å². The van der Waals surface area contributed by atoms with E-state index >= 15 is 0 Å². The maximum atomic E-state index is 5.85. The van der Waals surface area contributed by atoms with Gasteiger partial charge in [0, 0.05) is 16.0 Å². The molecule has 0 N–H and O–H groups in total. The molecule has 16 heavy (non-hydrogen) atoms. The molecule has 2 rings (SSSR count). The van der Waals surface area contributed by atoms with Crippen LogP contribution in [0.3, 0.4) is 0 Å². The molecule has 1 aromatic heterocycles. The molecule has 1 heterocycles. The second-order valence-corrected chi connectivity index (χ2v) is 5.38. The summed E-state index contributed by atoms with van der Waals surface area (Å²) in [5, 5.41) is 3.87. The number of ether oxygens (including phenoxy) is 1. The Labute approximate surface area is 111 Å². The Kier molecular flexibility index (Phi) is 4.29. The van der Waals surface area contributed by atoms with Crippen molar-refractivity contribution in [1.82, 2.24) is 9.59 Å². The molecular weight excluding hydrogens is 312 g/mol. The first kappa shape index (κ1) is 12.0. The molecule has 0 saturated heterocycles. The Morgan fingerprint density at radius 3 is 2.62 bits per heavy atom. The van der Waals surface area contributed by atoms with Crippen LogP contribution in [0.15, 0.2) is 28.7 Å². The molecule has 6 heteroatoms. The van der Waals surface area contributed by atoms with Crippen LogP contribution >= 0.6 is 39.1 Å². The summed E-state index contributed by atoms with van der Waals surface area (Å²) in [6.45, 7) is 0.937. The molecule has 0 unspecified atom stereocenters. The Morgan fingerprint density at radius 1 is 1.25 bits per heavy atom. The summed E-state index contributed by atoms with van der Waals surface area (Å²) in [4.78, 5) is 0. The zero-order chi connectivity index (χ0) is 11.4. The van der Waals surface area contributed by atoms with Gasteiger partial charge in [-0.3, -0.25) is 0 Å². The highest BCUT2D eigenvalue weighted by Crippen LogP contribution is 2.18. The molecular formula is C10H8BrClN2OS. The van der Waals surface area contributed by atoms with Gasteiger partial charge in [0.1, 0.15) is 10.0 Å². The Morgan fingerprint density at radius 2 is 2.00 bits per heavy atom. The highest BCUT2D eigenvalue weighted by atomic mass is 79.9. The van der Waals surface area contributed by atoms with Gasteiger partial charge >= 0.3 is 0 Å². The van der Waals surface area contributed by atoms with Crippen molar-refractivity contribution in [2.75, 3.05) is 0 Å². The maximum absolute atomic E-state index is 5.85. The van der Waals surface area contributed by atoms with Crippen molar-refractivity contribution in [3.63, 3.8) is 0 Å². The van der Waals surface area contributed by atoms with Crippen LogP contribution in [0.1, 0.15) is 11.3 Å². The van der Waals surface area contributed by atoms with Crippen molar-refractivity contribution in [1.29, 1.82) is 0 Å². The molecule has 0 aliphatic rings. The van der Waals surface area contributed by atoms with Crippen molar-refractivity contribution < 1.29 is 4.74 Å². The molecule has 0 bridgehead atoms. The molecule has 1 aromatic carbocycles. The second kappa shape index (κ2) is 5.72. The van der Waals surface area contributed by atoms with E-state index in [1.807, 2.05) is 24.3 Å². The lowest BCUT2D eigenvalue weighted by molar-refractivity contribution is 0.104. The number of halogens is 2. The van der Waals surface area contributed by atoms with Crippen LogP contribution in [-0.2, 0) is 18.0 Å². The molecule has 2 aromatic rings. The molecule has 0 spiro atoms. The Bertz CT molecular complexity index is 460. The molecule has 3 nitrogen and oxygen atoms in total. The fourth-order valence-electron chi connectivity index (χ4n) is 1.13. The van der Waals surface area contributed by atoms with Gasteiger partial charge in [-0.25, -0.2) is 0 Å². The molecule has 0 atom stereocenters. The molecule has 0 fully saturated rings. The minimum Gasteiger partial charge on any atom is -0.370 e.